The van der Waals surface area contributed by atoms with Crippen LogP contribution in [0.15, 0.2) is 18.2 Å². The lowest BCUT2D eigenvalue weighted by Crippen LogP contribution is -2.42. The maximum atomic E-state index is 12.1. The van der Waals surface area contributed by atoms with Crippen molar-refractivity contribution >= 4 is 23.2 Å². The average molecular weight is 299 g/mol. The molecule has 0 spiro atoms. The summed E-state index contributed by atoms with van der Waals surface area (Å²) in [4.78, 5) is 12.1. The van der Waals surface area contributed by atoms with E-state index in [0.29, 0.717) is 10.8 Å². The van der Waals surface area contributed by atoms with E-state index < -0.39 is 0 Å². The summed E-state index contributed by atoms with van der Waals surface area (Å²) in [6.45, 7) is 5.96. The van der Waals surface area contributed by atoms with E-state index in [1.54, 1.807) is 19.2 Å². The van der Waals surface area contributed by atoms with Crippen LogP contribution >= 0.6 is 11.6 Å². The number of amides is 1. The SMILES string of the molecule is CCC(CC)NC(=O)C(C)Nc1ccc(Cl)c(OC)c1. The molecule has 4 nitrogen and oxygen atoms in total. The third-order valence-corrected chi connectivity index (χ3v) is 3.57. The normalized spacial score (nSPS) is 12.1. The van der Waals surface area contributed by atoms with E-state index in [1.807, 2.05) is 13.0 Å². The second kappa shape index (κ2) is 8.00. The summed E-state index contributed by atoms with van der Waals surface area (Å²) in [7, 11) is 1.56. The van der Waals surface area contributed by atoms with Gasteiger partial charge in [0.1, 0.15) is 11.8 Å². The van der Waals surface area contributed by atoms with E-state index in [-0.39, 0.29) is 18.0 Å². The molecule has 112 valence electrons. The molecule has 1 rings (SSSR count). The molecule has 0 aliphatic heterocycles. The van der Waals surface area contributed by atoms with E-state index >= 15 is 0 Å². The fourth-order valence-electron chi connectivity index (χ4n) is 1.88. The molecule has 1 atom stereocenters. The topological polar surface area (TPSA) is 50.4 Å². The van der Waals surface area contributed by atoms with Crippen molar-refractivity contribution in [2.75, 3.05) is 12.4 Å². The number of hydrogen-bond acceptors (Lipinski definition) is 3. The molecule has 1 amide bonds. The van der Waals surface area contributed by atoms with Gasteiger partial charge >= 0.3 is 0 Å². The number of carbonyl (C=O) groups is 1. The highest BCUT2D eigenvalue weighted by molar-refractivity contribution is 6.32. The predicted octanol–water partition coefficient (Wildman–Crippen LogP) is 3.45. The van der Waals surface area contributed by atoms with Crippen molar-refractivity contribution < 1.29 is 9.53 Å². The molecule has 5 heteroatoms. The number of rotatable bonds is 7. The van der Waals surface area contributed by atoms with E-state index in [9.17, 15) is 4.79 Å². The van der Waals surface area contributed by atoms with Crippen molar-refractivity contribution in [1.82, 2.24) is 5.32 Å². The summed E-state index contributed by atoms with van der Waals surface area (Å²) in [6, 6.07) is 5.26. The first kappa shape index (κ1) is 16.6. The quantitative estimate of drug-likeness (QED) is 0.810. The fourth-order valence-corrected chi connectivity index (χ4v) is 2.08. The summed E-state index contributed by atoms with van der Waals surface area (Å²) < 4.78 is 5.15. The van der Waals surface area contributed by atoms with Crippen LogP contribution < -0.4 is 15.4 Å². The Kier molecular flexibility index (Phi) is 6.65. The second-order valence-electron chi connectivity index (χ2n) is 4.74. The third-order valence-electron chi connectivity index (χ3n) is 3.26. The number of methoxy groups -OCH3 is 1. The molecule has 0 aromatic heterocycles. The smallest absolute Gasteiger partial charge is 0.242 e. The molecular weight excluding hydrogens is 276 g/mol. The molecule has 0 aliphatic rings. The Balaban J connectivity index is 2.65. The molecule has 20 heavy (non-hydrogen) atoms. The van der Waals surface area contributed by atoms with Gasteiger partial charge in [-0.1, -0.05) is 25.4 Å². The zero-order valence-corrected chi connectivity index (χ0v) is 13.3. The van der Waals surface area contributed by atoms with Crippen LogP contribution in [0.4, 0.5) is 5.69 Å². The van der Waals surface area contributed by atoms with Crippen LogP contribution in [0.25, 0.3) is 0 Å². The molecule has 0 aliphatic carbocycles. The summed E-state index contributed by atoms with van der Waals surface area (Å²) in [5, 5.41) is 6.71. The minimum absolute atomic E-state index is 0.00684. The van der Waals surface area contributed by atoms with Crippen LogP contribution in [-0.4, -0.2) is 25.1 Å². The standard InChI is InChI=1S/C15H23ClN2O2/c1-5-11(6-2)18-15(19)10(3)17-12-7-8-13(16)14(9-12)20-4/h7-11,17H,5-6H2,1-4H3,(H,18,19). The number of ether oxygens (including phenoxy) is 1. The van der Waals surface area contributed by atoms with Crippen molar-refractivity contribution in [3.8, 4) is 5.75 Å². The zero-order valence-electron chi connectivity index (χ0n) is 12.5. The molecular formula is C15H23ClN2O2. The first-order valence-corrected chi connectivity index (χ1v) is 7.30. The molecule has 0 saturated heterocycles. The van der Waals surface area contributed by atoms with Crippen LogP contribution in [0.5, 0.6) is 5.75 Å². The van der Waals surface area contributed by atoms with Gasteiger partial charge in [0.05, 0.1) is 12.1 Å². The molecule has 1 aromatic rings. The van der Waals surface area contributed by atoms with E-state index in [0.717, 1.165) is 18.5 Å². The van der Waals surface area contributed by atoms with Gasteiger partial charge in [-0.2, -0.15) is 0 Å². The Morgan fingerprint density at radius 1 is 1.35 bits per heavy atom. The molecule has 0 radical (unpaired) electrons. The molecule has 2 N–H and O–H groups in total. The maximum absolute atomic E-state index is 12.1. The van der Waals surface area contributed by atoms with Crippen LogP contribution in [0, 0.1) is 0 Å². The number of benzene rings is 1. The van der Waals surface area contributed by atoms with E-state index in [1.165, 1.54) is 0 Å². The zero-order chi connectivity index (χ0) is 15.1. The first-order valence-electron chi connectivity index (χ1n) is 6.92. The average Bonchev–Trinajstić information content (AvgIpc) is 2.46. The summed E-state index contributed by atoms with van der Waals surface area (Å²) in [5.74, 6) is 0.580. The highest BCUT2D eigenvalue weighted by atomic mass is 35.5. The van der Waals surface area contributed by atoms with Gasteiger partial charge in [-0.15, -0.1) is 0 Å². The minimum atomic E-state index is -0.318. The van der Waals surface area contributed by atoms with Crippen molar-refractivity contribution in [2.45, 2.75) is 45.7 Å². The van der Waals surface area contributed by atoms with Gasteiger partial charge in [-0.05, 0) is 31.9 Å². The Hall–Kier alpha value is -1.42. The van der Waals surface area contributed by atoms with Gasteiger partial charge < -0.3 is 15.4 Å². The summed E-state index contributed by atoms with van der Waals surface area (Å²) in [6.07, 6.45) is 1.87. The summed E-state index contributed by atoms with van der Waals surface area (Å²) >= 11 is 5.97. The van der Waals surface area contributed by atoms with Crippen molar-refractivity contribution in [3.63, 3.8) is 0 Å². The summed E-state index contributed by atoms with van der Waals surface area (Å²) in [5.41, 5.74) is 0.804. The maximum Gasteiger partial charge on any atom is 0.242 e. The van der Waals surface area contributed by atoms with Crippen molar-refractivity contribution in [2.24, 2.45) is 0 Å². The third kappa shape index (κ3) is 4.60. The van der Waals surface area contributed by atoms with E-state index in [4.69, 9.17) is 16.3 Å². The van der Waals surface area contributed by atoms with Crippen LogP contribution in [0.3, 0.4) is 0 Å². The molecule has 0 heterocycles. The lowest BCUT2D eigenvalue weighted by molar-refractivity contribution is -0.122. The number of anilines is 1. The van der Waals surface area contributed by atoms with Gasteiger partial charge in [-0.3, -0.25) is 4.79 Å². The minimum Gasteiger partial charge on any atom is -0.495 e. The molecule has 0 fully saturated rings. The molecule has 1 aromatic carbocycles. The largest absolute Gasteiger partial charge is 0.495 e. The lowest BCUT2D eigenvalue weighted by atomic mass is 10.1. The number of nitrogens with one attached hydrogen (secondary N) is 2. The Labute approximate surface area is 125 Å². The number of carbonyl (C=O) groups excluding carboxylic acids is 1. The van der Waals surface area contributed by atoms with Gasteiger partial charge in [0.25, 0.3) is 0 Å². The first-order chi connectivity index (χ1) is 9.51. The van der Waals surface area contributed by atoms with Gasteiger partial charge in [0.15, 0.2) is 0 Å². The van der Waals surface area contributed by atoms with Crippen LogP contribution in [-0.2, 0) is 4.79 Å². The predicted molar refractivity (Wildman–Crippen MR) is 83.6 cm³/mol. The number of hydrogen-bond donors (Lipinski definition) is 2. The lowest BCUT2D eigenvalue weighted by Gasteiger charge is -2.20. The Bertz CT molecular complexity index is 447. The molecule has 0 bridgehead atoms. The fraction of sp³-hybridized carbons (Fsp3) is 0.533. The van der Waals surface area contributed by atoms with Gasteiger partial charge in [0, 0.05) is 17.8 Å². The highest BCUT2D eigenvalue weighted by Gasteiger charge is 2.16. The molecule has 1 unspecified atom stereocenters. The second-order valence-corrected chi connectivity index (χ2v) is 5.14. The van der Waals surface area contributed by atoms with Crippen molar-refractivity contribution in [3.05, 3.63) is 23.2 Å². The van der Waals surface area contributed by atoms with Gasteiger partial charge in [-0.25, -0.2) is 0 Å². The van der Waals surface area contributed by atoms with Crippen molar-refractivity contribution in [1.29, 1.82) is 0 Å². The Morgan fingerprint density at radius 2 is 2.00 bits per heavy atom. The van der Waals surface area contributed by atoms with Gasteiger partial charge in [0.2, 0.25) is 5.91 Å². The monoisotopic (exact) mass is 298 g/mol. The van der Waals surface area contributed by atoms with Crippen LogP contribution in [0.2, 0.25) is 5.02 Å². The van der Waals surface area contributed by atoms with E-state index in [2.05, 4.69) is 24.5 Å². The Morgan fingerprint density at radius 3 is 2.55 bits per heavy atom. The number of halogens is 1. The van der Waals surface area contributed by atoms with Crippen LogP contribution in [0.1, 0.15) is 33.6 Å². The highest BCUT2D eigenvalue weighted by Crippen LogP contribution is 2.27. The molecule has 0 saturated carbocycles.